The van der Waals surface area contributed by atoms with Crippen molar-refractivity contribution < 1.29 is 18.3 Å². The molecule has 0 spiro atoms. The molecular weight excluding hydrogens is 254 g/mol. The van der Waals surface area contributed by atoms with E-state index in [1.165, 1.54) is 12.1 Å². The fourth-order valence-corrected chi connectivity index (χ4v) is 4.25. The fourth-order valence-electron chi connectivity index (χ4n) is 2.10. The Morgan fingerprint density at radius 3 is 2.39 bits per heavy atom. The molecule has 1 aromatic carbocycles. The molecule has 6 heteroatoms. The lowest BCUT2D eigenvalue weighted by Crippen LogP contribution is -2.31. The quantitative estimate of drug-likeness (QED) is 0.832. The predicted molar refractivity (Wildman–Crippen MR) is 65.9 cm³/mol. The molecule has 1 fully saturated rings. The van der Waals surface area contributed by atoms with Crippen LogP contribution in [-0.2, 0) is 14.6 Å². The summed E-state index contributed by atoms with van der Waals surface area (Å²) in [5.41, 5.74) is 5.06. The molecule has 0 amide bonds. The molecule has 3 N–H and O–H groups in total. The molecule has 1 saturated carbocycles. The molecule has 0 aliphatic heterocycles. The number of nitrogens with two attached hydrogens (primary N) is 1. The second-order valence-corrected chi connectivity index (χ2v) is 6.85. The lowest BCUT2D eigenvalue weighted by atomic mass is 10.1. The van der Waals surface area contributed by atoms with E-state index in [0.29, 0.717) is 0 Å². The zero-order chi connectivity index (χ0) is 13.6. The standard InChI is InChI=1S/C12H15NO4S/c1-8-2-4-9(5-3-8)18(16,17)10-6-12(10,7-13)11(14)15/h2-5,10H,6-7,13H2,1H3,(H,14,15)/t10-,12+/m1/s1. The number of benzene rings is 1. The average Bonchev–Trinajstić information content (AvgIpc) is 3.06. The minimum absolute atomic E-state index is 0.0923. The third kappa shape index (κ3) is 1.81. The van der Waals surface area contributed by atoms with Crippen LogP contribution in [0.25, 0.3) is 0 Å². The number of aliphatic carboxylic acids is 1. The highest BCUT2D eigenvalue weighted by Crippen LogP contribution is 2.52. The van der Waals surface area contributed by atoms with Crippen molar-refractivity contribution in [3.8, 4) is 0 Å². The van der Waals surface area contributed by atoms with E-state index in [9.17, 15) is 13.2 Å². The molecule has 0 radical (unpaired) electrons. The monoisotopic (exact) mass is 269 g/mol. The minimum atomic E-state index is -3.61. The van der Waals surface area contributed by atoms with E-state index in [-0.39, 0.29) is 17.9 Å². The summed E-state index contributed by atoms with van der Waals surface area (Å²) < 4.78 is 24.5. The lowest BCUT2D eigenvalue weighted by molar-refractivity contribution is -0.142. The average molecular weight is 269 g/mol. The molecule has 0 unspecified atom stereocenters. The lowest BCUT2D eigenvalue weighted by Gasteiger charge is -2.10. The van der Waals surface area contributed by atoms with E-state index >= 15 is 0 Å². The van der Waals surface area contributed by atoms with Crippen LogP contribution in [0.15, 0.2) is 29.2 Å². The molecule has 0 bridgehead atoms. The van der Waals surface area contributed by atoms with Gasteiger partial charge in [-0.15, -0.1) is 0 Å². The van der Waals surface area contributed by atoms with Gasteiger partial charge in [0.15, 0.2) is 9.84 Å². The minimum Gasteiger partial charge on any atom is -0.481 e. The molecule has 18 heavy (non-hydrogen) atoms. The van der Waals surface area contributed by atoms with Gasteiger partial charge in [-0.3, -0.25) is 4.79 Å². The van der Waals surface area contributed by atoms with Crippen LogP contribution in [0.4, 0.5) is 0 Å². The summed E-state index contributed by atoms with van der Waals surface area (Å²) in [6, 6.07) is 6.40. The number of sulfone groups is 1. The van der Waals surface area contributed by atoms with Crippen molar-refractivity contribution in [2.24, 2.45) is 11.1 Å². The van der Waals surface area contributed by atoms with Crippen molar-refractivity contribution in [2.75, 3.05) is 6.54 Å². The van der Waals surface area contributed by atoms with Gasteiger partial charge in [0.25, 0.3) is 0 Å². The Labute approximate surface area is 106 Å². The van der Waals surface area contributed by atoms with Gasteiger partial charge in [-0.1, -0.05) is 17.7 Å². The van der Waals surface area contributed by atoms with Crippen molar-refractivity contribution in [1.29, 1.82) is 0 Å². The van der Waals surface area contributed by atoms with E-state index in [1.54, 1.807) is 12.1 Å². The highest BCUT2D eigenvalue weighted by molar-refractivity contribution is 7.92. The van der Waals surface area contributed by atoms with E-state index in [4.69, 9.17) is 10.8 Å². The van der Waals surface area contributed by atoms with Gasteiger partial charge in [-0.05, 0) is 25.5 Å². The number of carbonyl (C=O) groups is 1. The Kier molecular flexibility index (Phi) is 2.95. The Morgan fingerprint density at radius 1 is 1.44 bits per heavy atom. The van der Waals surface area contributed by atoms with Gasteiger partial charge in [0.05, 0.1) is 15.6 Å². The zero-order valence-electron chi connectivity index (χ0n) is 9.96. The fraction of sp³-hybridized carbons (Fsp3) is 0.417. The zero-order valence-corrected chi connectivity index (χ0v) is 10.8. The number of aryl methyl sites for hydroxylation is 1. The van der Waals surface area contributed by atoms with Crippen molar-refractivity contribution >= 4 is 15.8 Å². The van der Waals surface area contributed by atoms with E-state index < -0.39 is 26.5 Å². The highest BCUT2D eigenvalue weighted by atomic mass is 32.2. The Hall–Kier alpha value is -1.40. The van der Waals surface area contributed by atoms with Crippen LogP contribution in [0.5, 0.6) is 0 Å². The molecule has 0 heterocycles. The van der Waals surface area contributed by atoms with Crippen LogP contribution in [0.2, 0.25) is 0 Å². The Bertz CT molecular complexity index is 579. The molecule has 1 aliphatic rings. The topological polar surface area (TPSA) is 97.5 Å². The van der Waals surface area contributed by atoms with Crippen LogP contribution in [0.1, 0.15) is 12.0 Å². The SMILES string of the molecule is Cc1ccc(S(=O)(=O)[C@@H]2C[C@@]2(CN)C(=O)O)cc1. The Balaban J connectivity index is 2.35. The van der Waals surface area contributed by atoms with Crippen molar-refractivity contribution in [3.63, 3.8) is 0 Å². The number of carboxylic acid groups (broad SMARTS) is 1. The van der Waals surface area contributed by atoms with Crippen LogP contribution < -0.4 is 5.73 Å². The molecule has 2 rings (SSSR count). The largest absolute Gasteiger partial charge is 0.481 e. The predicted octanol–water partition coefficient (Wildman–Crippen LogP) is 0.571. The van der Waals surface area contributed by atoms with Gasteiger partial charge >= 0.3 is 5.97 Å². The highest BCUT2D eigenvalue weighted by Gasteiger charge is 2.66. The van der Waals surface area contributed by atoms with Crippen LogP contribution >= 0.6 is 0 Å². The molecule has 1 aromatic rings. The summed E-state index contributed by atoms with van der Waals surface area (Å²) in [7, 11) is -3.61. The molecular formula is C12H15NO4S. The van der Waals surface area contributed by atoms with Gasteiger partial charge < -0.3 is 10.8 Å². The second kappa shape index (κ2) is 4.07. The van der Waals surface area contributed by atoms with Crippen molar-refractivity contribution in [2.45, 2.75) is 23.5 Å². The number of hydrogen-bond donors (Lipinski definition) is 2. The van der Waals surface area contributed by atoms with E-state index in [2.05, 4.69) is 0 Å². The van der Waals surface area contributed by atoms with Gasteiger partial charge in [0.2, 0.25) is 0 Å². The maximum atomic E-state index is 12.3. The first-order chi connectivity index (χ1) is 8.34. The molecule has 5 nitrogen and oxygen atoms in total. The van der Waals surface area contributed by atoms with E-state index in [0.717, 1.165) is 5.56 Å². The second-order valence-electron chi connectivity index (χ2n) is 4.72. The van der Waals surface area contributed by atoms with Gasteiger partial charge in [-0.2, -0.15) is 0 Å². The number of carboxylic acids is 1. The van der Waals surface area contributed by atoms with Gasteiger partial charge in [-0.25, -0.2) is 8.42 Å². The number of rotatable bonds is 4. The normalized spacial score (nSPS) is 26.9. The summed E-state index contributed by atoms with van der Waals surface area (Å²) in [4.78, 5) is 11.3. The molecule has 0 aromatic heterocycles. The Morgan fingerprint density at radius 2 is 2.00 bits per heavy atom. The molecule has 1 aliphatic carbocycles. The first kappa shape index (κ1) is 13.0. The van der Waals surface area contributed by atoms with Crippen LogP contribution in [-0.4, -0.2) is 31.3 Å². The van der Waals surface area contributed by atoms with Gasteiger partial charge in [0, 0.05) is 6.54 Å². The number of hydrogen-bond acceptors (Lipinski definition) is 4. The summed E-state index contributed by atoms with van der Waals surface area (Å²) >= 11 is 0. The first-order valence-corrected chi connectivity index (χ1v) is 7.13. The summed E-state index contributed by atoms with van der Waals surface area (Å²) in [6.45, 7) is 1.70. The molecule has 0 saturated heterocycles. The van der Waals surface area contributed by atoms with Gasteiger partial charge in [0.1, 0.15) is 0 Å². The summed E-state index contributed by atoms with van der Waals surface area (Å²) in [5.74, 6) is -1.13. The van der Waals surface area contributed by atoms with Crippen LogP contribution in [0, 0.1) is 12.3 Å². The first-order valence-electron chi connectivity index (χ1n) is 5.58. The summed E-state index contributed by atoms with van der Waals surface area (Å²) in [6.07, 6.45) is 0.0923. The van der Waals surface area contributed by atoms with Crippen molar-refractivity contribution in [1.82, 2.24) is 0 Å². The maximum absolute atomic E-state index is 12.3. The molecule has 98 valence electrons. The van der Waals surface area contributed by atoms with Crippen LogP contribution in [0.3, 0.4) is 0 Å². The van der Waals surface area contributed by atoms with E-state index in [1.807, 2.05) is 6.92 Å². The maximum Gasteiger partial charge on any atom is 0.312 e. The third-order valence-corrected chi connectivity index (χ3v) is 5.82. The third-order valence-electron chi connectivity index (χ3n) is 3.52. The molecule has 2 atom stereocenters. The smallest absolute Gasteiger partial charge is 0.312 e. The summed E-state index contributed by atoms with van der Waals surface area (Å²) in [5, 5.41) is 8.18. The van der Waals surface area contributed by atoms with Crippen molar-refractivity contribution in [3.05, 3.63) is 29.8 Å².